The number of aryl methyl sites for hydroxylation is 2. The molecule has 154 valence electrons. The highest BCUT2D eigenvalue weighted by Gasteiger charge is 2.42. The Labute approximate surface area is 182 Å². The first-order chi connectivity index (χ1) is 14.3. The first kappa shape index (κ1) is 20.2. The Morgan fingerprint density at radius 3 is 2.63 bits per heavy atom. The van der Waals surface area contributed by atoms with E-state index in [1.54, 1.807) is 6.07 Å². The summed E-state index contributed by atoms with van der Waals surface area (Å²) in [4.78, 5) is 39.1. The molecule has 2 aromatic rings. The predicted molar refractivity (Wildman–Crippen MR) is 115 cm³/mol. The van der Waals surface area contributed by atoms with Crippen LogP contribution in [-0.2, 0) is 14.3 Å². The van der Waals surface area contributed by atoms with Gasteiger partial charge in [-0.3, -0.25) is 9.69 Å². The second-order valence-corrected chi connectivity index (χ2v) is 8.18. The summed E-state index contributed by atoms with van der Waals surface area (Å²) in [7, 11) is 0. The fourth-order valence-electron chi connectivity index (χ4n) is 3.55. The van der Waals surface area contributed by atoms with Gasteiger partial charge in [-0.25, -0.2) is 9.59 Å². The van der Waals surface area contributed by atoms with E-state index in [9.17, 15) is 14.4 Å². The van der Waals surface area contributed by atoms with Crippen molar-refractivity contribution in [2.45, 2.75) is 19.9 Å². The fraction of sp³-hybridized carbons (Fsp3) is 0.227. The van der Waals surface area contributed by atoms with Crippen LogP contribution in [0.1, 0.15) is 22.7 Å². The van der Waals surface area contributed by atoms with Gasteiger partial charge in [0.15, 0.2) is 0 Å². The Morgan fingerprint density at radius 2 is 1.93 bits per heavy atom. The second-order valence-electron chi connectivity index (χ2n) is 7.33. The zero-order valence-electron chi connectivity index (χ0n) is 16.5. The third-order valence-electron chi connectivity index (χ3n) is 5.15. The van der Waals surface area contributed by atoms with Crippen molar-refractivity contribution in [1.82, 2.24) is 10.2 Å². The number of carbonyl (C=O) groups is 3. The fourth-order valence-corrected chi connectivity index (χ4v) is 3.80. The van der Waals surface area contributed by atoms with Crippen LogP contribution in [0.25, 0.3) is 0 Å². The van der Waals surface area contributed by atoms with Crippen LogP contribution >= 0.6 is 15.9 Å². The lowest BCUT2D eigenvalue weighted by atomic mass is 9.95. The summed E-state index contributed by atoms with van der Waals surface area (Å²) in [6, 6.07) is 12.0. The number of esters is 1. The molecule has 30 heavy (non-hydrogen) atoms. The largest absolute Gasteiger partial charge is 0.456 e. The van der Waals surface area contributed by atoms with Crippen molar-refractivity contribution < 1.29 is 19.1 Å². The highest BCUT2D eigenvalue weighted by Crippen LogP contribution is 2.35. The van der Waals surface area contributed by atoms with Gasteiger partial charge in [0.25, 0.3) is 0 Å². The normalized spacial score (nSPS) is 18.1. The minimum atomic E-state index is -0.600. The van der Waals surface area contributed by atoms with Crippen molar-refractivity contribution in [3.05, 3.63) is 74.9 Å². The lowest BCUT2D eigenvalue weighted by Gasteiger charge is -2.32. The molecule has 0 bridgehead atoms. The molecule has 0 saturated heterocycles. The summed E-state index contributed by atoms with van der Waals surface area (Å²) < 4.78 is 6.14. The van der Waals surface area contributed by atoms with E-state index in [1.807, 2.05) is 50.2 Å². The van der Waals surface area contributed by atoms with E-state index in [-0.39, 0.29) is 19.1 Å². The van der Waals surface area contributed by atoms with Gasteiger partial charge in [-0.05, 0) is 43.2 Å². The number of ether oxygens (including phenoxy) is 1. The van der Waals surface area contributed by atoms with Gasteiger partial charge in [-0.15, -0.1) is 0 Å². The Hall–Kier alpha value is -3.13. The van der Waals surface area contributed by atoms with Gasteiger partial charge in [0, 0.05) is 10.2 Å². The molecule has 2 aliphatic rings. The summed E-state index contributed by atoms with van der Waals surface area (Å²) >= 11 is 3.42. The zero-order chi connectivity index (χ0) is 21.4. The van der Waals surface area contributed by atoms with Crippen molar-refractivity contribution in [1.29, 1.82) is 0 Å². The van der Waals surface area contributed by atoms with E-state index >= 15 is 0 Å². The van der Waals surface area contributed by atoms with Gasteiger partial charge in [0.2, 0.25) is 5.91 Å². The number of benzene rings is 2. The molecule has 1 atom stereocenters. The highest BCUT2D eigenvalue weighted by atomic mass is 79.9. The van der Waals surface area contributed by atoms with Crippen molar-refractivity contribution in [2.24, 2.45) is 0 Å². The number of nitrogens with zero attached hydrogens (tertiary/aromatic N) is 1. The molecule has 0 unspecified atom stereocenters. The number of cyclic esters (lactones) is 1. The average molecular weight is 470 g/mol. The van der Waals surface area contributed by atoms with Crippen molar-refractivity contribution in [3.63, 3.8) is 0 Å². The zero-order valence-corrected chi connectivity index (χ0v) is 18.1. The first-order valence-electron chi connectivity index (χ1n) is 9.44. The van der Waals surface area contributed by atoms with Crippen molar-refractivity contribution in [3.8, 4) is 0 Å². The van der Waals surface area contributed by atoms with E-state index in [4.69, 9.17) is 4.74 Å². The van der Waals surface area contributed by atoms with Crippen LogP contribution in [0.5, 0.6) is 0 Å². The number of carbonyl (C=O) groups excluding carboxylic acids is 3. The molecule has 4 rings (SSSR count). The van der Waals surface area contributed by atoms with Crippen molar-refractivity contribution >= 4 is 39.5 Å². The van der Waals surface area contributed by atoms with E-state index in [1.165, 1.54) is 4.90 Å². The van der Waals surface area contributed by atoms with Gasteiger partial charge in [-0.2, -0.15) is 0 Å². The number of hydrogen-bond acceptors (Lipinski definition) is 4. The summed E-state index contributed by atoms with van der Waals surface area (Å²) in [5.41, 5.74) is 4.26. The summed E-state index contributed by atoms with van der Waals surface area (Å²) in [5, 5.41) is 5.62. The predicted octanol–water partition coefficient (Wildman–Crippen LogP) is 3.58. The van der Waals surface area contributed by atoms with E-state index < -0.39 is 18.0 Å². The maximum Gasteiger partial charge on any atom is 0.338 e. The molecule has 8 heteroatoms. The standard InChI is InChI=1S/C22H20BrN3O4/c1-12-3-5-14(6-4-12)20-19-17(11-30-21(19)28)26(22(29)25-20)10-18(27)24-15-7-8-16(23)13(2)9-15/h3-9,20H,10-11H2,1-2H3,(H,24,27)(H,25,29)/t20-/m0/s1. The molecule has 0 radical (unpaired) electrons. The monoisotopic (exact) mass is 469 g/mol. The van der Waals surface area contributed by atoms with E-state index in [0.717, 1.165) is 21.2 Å². The van der Waals surface area contributed by atoms with Crippen LogP contribution in [0.4, 0.5) is 10.5 Å². The Morgan fingerprint density at radius 1 is 1.20 bits per heavy atom. The lowest BCUT2D eigenvalue weighted by Crippen LogP contribution is -2.49. The maximum atomic E-state index is 12.8. The molecule has 2 aromatic carbocycles. The van der Waals surface area contributed by atoms with Gasteiger partial charge in [-0.1, -0.05) is 45.8 Å². The number of nitrogens with one attached hydrogen (secondary N) is 2. The average Bonchev–Trinajstić information content (AvgIpc) is 3.09. The third-order valence-corrected chi connectivity index (χ3v) is 6.04. The van der Waals surface area contributed by atoms with Crippen LogP contribution in [0.3, 0.4) is 0 Å². The second kappa shape index (κ2) is 7.95. The minimum absolute atomic E-state index is 0.0331. The Balaban J connectivity index is 1.58. The number of urea groups is 1. The molecule has 0 aromatic heterocycles. The lowest BCUT2D eigenvalue weighted by molar-refractivity contribution is -0.136. The smallest absolute Gasteiger partial charge is 0.338 e. The highest BCUT2D eigenvalue weighted by molar-refractivity contribution is 9.10. The molecule has 0 spiro atoms. The molecular formula is C22H20BrN3O4. The number of amides is 3. The summed E-state index contributed by atoms with van der Waals surface area (Å²) in [5.74, 6) is -0.851. The quantitative estimate of drug-likeness (QED) is 0.669. The third kappa shape index (κ3) is 3.82. The molecule has 0 saturated carbocycles. The number of hydrogen-bond donors (Lipinski definition) is 2. The molecule has 2 aliphatic heterocycles. The summed E-state index contributed by atoms with van der Waals surface area (Å²) in [6.45, 7) is 3.62. The molecule has 2 heterocycles. The van der Waals surface area contributed by atoms with Crippen molar-refractivity contribution in [2.75, 3.05) is 18.5 Å². The first-order valence-corrected chi connectivity index (χ1v) is 10.2. The summed E-state index contributed by atoms with van der Waals surface area (Å²) in [6.07, 6.45) is 0. The van der Waals surface area contributed by atoms with Crippen LogP contribution in [0, 0.1) is 13.8 Å². The number of halogens is 1. The molecule has 0 fully saturated rings. The van der Waals surface area contributed by atoms with Crippen LogP contribution < -0.4 is 10.6 Å². The molecule has 3 amide bonds. The topological polar surface area (TPSA) is 87.7 Å². The maximum absolute atomic E-state index is 12.8. The van der Waals surface area contributed by atoms with Gasteiger partial charge < -0.3 is 15.4 Å². The molecular weight excluding hydrogens is 450 g/mol. The number of anilines is 1. The molecule has 7 nitrogen and oxygen atoms in total. The minimum Gasteiger partial charge on any atom is -0.456 e. The Kier molecular flexibility index (Phi) is 5.34. The van der Waals surface area contributed by atoms with Crippen LogP contribution in [0.2, 0.25) is 0 Å². The number of rotatable bonds is 4. The van der Waals surface area contributed by atoms with Gasteiger partial charge in [0.05, 0.1) is 17.3 Å². The van der Waals surface area contributed by atoms with Crippen LogP contribution in [-0.4, -0.2) is 36.0 Å². The molecule has 2 N–H and O–H groups in total. The van der Waals surface area contributed by atoms with E-state index in [0.29, 0.717) is 17.0 Å². The van der Waals surface area contributed by atoms with E-state index in [2.05, 4.69) is 26.6 Å². The molecule has 0 aliphatic carbocycles. The van der Waals surface area contributed by atoms with Gasteiger partial charge >= 0.3 is 12.0 Å². The van der Waals surface area contributed by atoms with Crippen LogP contribution in [0.15, 0.2) is 58.2 Å². The SMILES string of the molecule is Cc1ccc([C@@H]2NC(=O)N(CC(=O)Nc3ccc(Br)c(C)c3)C3=C2C(=O)OC3)cc1. The Bertz CT molecular complexity index is 1080. The van der Waals surface area contributed by atoms with Gasteiger partial charge in [0.1, 0.15) is 13.2 Å².